The van der Waals surface area contributed by atoms with Gasteiger partial charge in [0.2, 0.25) is 0 Å². The second kappa shape index (κ2) is 5.98. The molecule has 0 unspecified atom stereocenters. The van der Waals surface area contributed by atoms with E-state index in [4.69, 9.17) is 28.3 Å². The highest BCUT2D eigenvalue weighted by atomic mass is 35.5. The van der Waals surface area contributed by atoms with E-state index in [1.807, 2.05) is 0 Å². The van der Waals surface area contributed by atoms with Crippen molar-refractivity contribution in [3.8, 4) is 16.9 Å². The Morgan fingerprint density at radius 3 is 2.61 bits per heavy atom. The van der Waals surface area contributed by atoms with Crippen molar-refractivity contribution in [2.45, 2.75) is 0 Å². The van der Waals surface area contributed by atoms with Gasteiger partial charge in [0.25, 0.3) is 0 Å². The zero-order valence-electron chi connectivity index (χ0n) is 11.4. The average Bonchev–Trinajstić information content (AvgIpc) is 2.95. The predicted octanol–water partition coefficient (Wildman–Crippen LogP) is 4.08. The highest BCUT2D eigenvalue weighted by Gasteiger charge is 2.17. The molecule has 0 bridgehead atoms. The summed E-state index contributed by atoms with van der Waals surface area (Å²) in [5, 5.41) is 13.5. The monoisotopic (exact) mass is 351 g/mol. The fourth-order valence-electron chi connectivity index (χ4n) is 2.06. The normalized spacial score (nSPS) is 10.7. The number of carbonyl (C=O) groups is 1. The molecule has 0 atom stereocenters. The van der Waals surface area contributed by atoms with Gasteiger partial charge in [0.05, 0.1) is 21.4 Å². The van der Waals surface area contributed by atoms with Crippen LogP contribution < -0.4 is 0 Å². The van der Waals surface area contributed by atoms with Gasteiger partial charge < -0.3 is 5.11 Å². The summed E-state index contributed by atoms with van der Waals surface area (Å²) in [4.78, 5) is 15.2. The number of carboxylic acid groups (broad SMARTS) is 1. The number of rotatable bonds is 3. The molecule has 1 aromatic carbocycles. The van der Waals surface area contributed by atoms with Crippen LogP contribution in [0.5, 0.6) is 0 Å². The maximum Gasteiger partial charge on any atom is 0.356 e. The lowest BCUT2D eigenvalue weighted by Crippen LogP contribution is -2.02. The molecule has 116 valence electrons. The number of nitrogens with zero attached hydrogens (tertiary/aromatic N) is 3. The van der Waals surface area contributed by atoms with Gasteiger partial charge in [0.15, 0.2) is 5.69 Å². The fraction of sp³-hybridized carbons (Fsp3) is 0. The van der Waals surface area contributed by atoms with Crippen molar-refractivity contribution in [1.82, 2.24) is 14.8 Å². The zero-order chi connectivity index (χ0) is 16.6. The first kappa shape index (κ1) is 15.5. The molecule has 0 aliphatic carbocycles. The molecule has 2 heterocycles. The summed E-state index contributed by atoms with van der Waals surface area (Å²) in [5.41, 5.74) is 1.26. The first-order chi connectivity index (χ1) is 11.0. The van der Waals surface area contributed by atoms with Crippen molar-refractivity contribution >= 4 is 29.2 Å². The van der Waals surface area contributed by atoms with Gasteiger partial charge in [-0.05, 0) is 30.3 Å². The molecule has 2 aromatic heterocycles. The van der Waals surface area contributed by atoms with E-state index in [0.29, 0.717) is 22.0 Å². The minimum Gasteiger partial charge on any atom is -0.476 e. The third kappa shape index (κ3) is 3.04. The highest BCUT2D eigenvalue weighted by molar-refractivity contribution is 6.31. The summed E-state index contributed by atoms with van der Waals surface area (Å²) in [6.45, 7) is 0. The third-order valence-corrected chi connectivity index (χ3v) is 3.57. The van der Waals surface area contributed by atoms with Crippen LogP contribution in [0.3, 0.4) is 0 Å². The van der Waals surface area contributed by atoms with Crippen LogP contribution in [0.25, 0.3) is 16.9 Å². The molecule has 0 aliphatic heterocycles. The van der Waals surface area contributed by atoms with Crippen LogP contribution in [0.1, 0.15) is 10.5 Å². The molecule has 0 radical (unpaired) electrons. The smallest absolute Gasteiger partial charge is 0.356 e. The topological polar surface area (TPSA) is 68.0 Å². The van der Waals surface area contributed by atoms with E-state index in [1.165, 1.54) is 41.3 Å². The van der Waals surface area contributed by atoms with E-state index < -0.39 is 11.8 Å². The molecule has 0 amide bonds. The number of hydrogen-bond acceptors (Lipinski definition) is 3. The average molecular weight is 352 g/mol. The van der Waals surface area contributed by atoms with Gasteiger partial charge in [-0.2, -0.15) is 5.10 Å². The highest BCUT2D eigenvalue weighted by Crippen LogP contribution is 2.27. The van der Waals surface area contributed by atoms with Gasteiger partial charge in [0, 0.05) is 18.0 Å². The summed E-state index contributed by atoms with van der Waals surface area (Å²) in [6, 6.07) is 6.99. The van der Waals surface area contributed by atoms with Gasteiger partial charge in [0.1, 0.15) is 5.82 Å². The molecule has 3 rings (SSSR count). The number of carboxylic acids is 1. The Morgan fingerprint density at radius 1 is 1.17 bits per heavy atom. The Morgan fingerprint density at radius 2 is 1.96 bits per heavy atom. The largest absolute Gasteiger partial charge is 0.476 e. The predicted molar refractivity (Wildman–Crippen MR) is 83.7 cm³/mol. The van der Waals surface area contributed by atoms with E-state index in [-0.39, 0.29) is 10.7 Å². The van der Waals surface area contributed by atoms with Crippen LogP contribution in [-0.4, -0.2) is 25.8 Å². The lowest BCUT2D eigenvalue weighted by molar-refractivity contribution is 0.0690. The van der Waals surface area contributed by atoms with E-state index in [1.54, 1.807) is 6.07 Å². The molecule has 0 aliphatic rings. The molecule has 23 heavy (non-hydrogen) atoms. The number of hydrogen-bond donors (Lipinski definition) is 1. The molecule has 0 spiro atoms. The molecule has 3 aromatic rings. The van der Waals surface area contributed by atoms with Crippen molar-refractivity contribution < 1.29 is 14.3 Å². The van der Waals surface area contributed by atoms with E-state index >= 15 is 0 Å². The molecule has 1 N–H and O–H groups in total. The van der Waals surface area contributed by atoms with Crippen molar-refractivity contribution in [2.24, 2.45) is 0 Å². The first-order valence-electron chi connectivity index (χ1n) is 6.35. The van der Waals surface area contributed by atoms with Gasteiger partial charge in [-0.3, -0.25) is 4.98 Å². The Kier molecular flexibility index (Phi) is 4.02. The second-order valence-corrected chi connectivity index (χ2v) is 5.47. The van der Waals surface area contributed by atoms with Crippen molar-refractivity contribution in [1.29, 1.82) is 0 Å². The fourth-order valence-corrected chi connectivity index (χ4v) is 2.41. The molecular weight excluding hydrogens is 344 g/mol. The summed E-state index contributed by atoms with van der Waals surface area (Å²) >= 11 is 11.7. The number of pyridine rings is 1. The van der Waals surface area contributed by atoms with Gasteiger partial charge >= 0.3 is 5.97 Å². The Labute approximate surface area is 139 Å². The van der Waals surface area contributed by atoms with Crippen molar-refractivity contribution in [3.63, 3.8) is 0 Å². The van der Waals surface area contributed by atoms with E-state index in [9.17, 15) is 9.18 Å². The van der Waals surface area contributed by atoms with Crippen LogP contribution in [0, 0.1) is 5.82 Å². The van der Waals surface area contributed by atoms with Gasteiger partial charge in [-0.15, -0.1) is 0 Å². The summed E-state index contributed by atoms with van der Waals surface area (Å²) in [5.74, 6) is -1.76. The van der Waals surface area contributed by atoms with E-state index in [2.05, 4.69) is 10.1 Å². The maximum atomic E-state index is 13.3. The Hall–Kier alpha value is -2.44. The number of halogens is 3. The number of aromatic carboxylic acids is 1. The number of aromatic nitrogens is 3. The minimum absolute atomic E-state index is 0.0926. The van der Waals surface area contributed by atoms with Crippen LogP contribution in [0.4, 0.5) is 4.39 Å². The third-order valence-electron chi connectivity index (χ3n) is 3.08. The Balaban J connectivity index is 2.22. The summed E-state index contributed by atoms with van der Waals surface area (Å²) in [6.07, 6.45) is 2.98. The van der Waals surface area contributed by atoms with Gasteiger partial charge in [-0.25, -0.2) is 13.9 Å². The summed E-state index contributed by atoms with van der Waals surface area (Å²) < 4.78 is 14.7. The zero-order valence-corrected chi connectivity index (χ0v) is 12.9. The molecule has 0 saturated heterocycles. The quantitative estimate of drug-likeness (QED) is 0.771. The molecular formula is C15H8Cl2FN3O2. The number of benzene rings is 1. The van der Waals surface area contributed by atoms with Crippen molar-refractivity contribution in [3.05, 3.63) is 64.3 Å². The van der Waals surface area contributed by atoms with Gasteiger partial charge in [-0.1, -0.05) is 23.2 Å². The van der Waals surface area contributed by atoms with Crippen LogP contribution in [-0.2, 0) is 0 Å². The van der Waals surface area contributed by atoms with Crippen LogP contribution >= 0.6 is 23.2 Å². The summed E-state index contributed by atoms with van der Waals surface area (Å²) in [7, 11) is 0. The Bertz CT molecular complexity index is 911. The molecule has 0 fully saturated rings. The minimum atomic E-state index is -1.19. The second-order valence-electron chi connectivity index (χ2n) is 4.62. The SMILES string of the molecule is O=C(O)c1cc(-c2cncc(Cl)c2)n(-c2ccc(F)c(Cl)c2)n1. The maximum absolute atomic E-state index is 13.3. The lowest BCUT2D eigenvalue weighted by atomic mass is 10.2. The van der Waals surface area contributed by atoms with Crippen LogP contribution in [0.15, 0.2) is 42.7 Å². The lowest BCUT2D eigenvalue weighted by Gasteiger charge is -2.08. The molecule has 8 heteroatoms. The first-order valence-corrected chi connectivity index (χ1v) is 7.11. The van der Waals surface area contributed by atoms with Crippen LogP contribution in [0.2, 0.25) is 10.0 Å². The molecule has 5 nitrogen and oxygen atoms in total. The van der Waals surface area contributed by atoms with Crippen molar-refractivity contribution in [2.75, 3.05) is 0 Å². The van der Waals surface area contributed by atoms with E-state index in [0.717, 1.165) is 0 Å². The molecule has 0 saturated carbocycles. The standard InChI is InChI=1S/C15H8Cl2FN3O2/c16-9-3-8(6-19-7-9)14-5-13(15(22)23)20-21(14)10-1-2-12(18)11(17)4-10/h1-7H,(H,22,23).